The van der Waals surface area contributed by atoms with Crippen molar-refractivity contribution >= 4 is 58.1 Å². The highest BCUT2D eigenvalue weighted by atomic mass is 35.5. The first-order valence-electron chi connectivity index (χ1n) is 10.3. The van der Waals surface area contributed by atoms with Gasteiger partial charge in [-0.05, 0) is 17.7 Å². The van der Waals surface area contributed by atoms with Crippen LogP contribution in [-0.2, 0) is 16.1 Å². The van der Waals surface area contributed by atoms with Crippen molar-refractivity contribution in [2.75, 3.05) is 32.0 Å². The number of hydrogen-bond acceptors (Lipinski definition) is 9. The number of rotatable bonds is 9. The summed E-state index contributed by atoms with van der Waals surface area (Å²) < 4.78 is 11.6. The summed E-state index contributed by atoms with van der Waals surface area (Å²) in [4.78, 5) is 30.1. The number of ether oxygens (including phenoxy) is 1. The monoisotopic (exact) mass is 541 g/mol. The van der Waals surface area contributed by atoms with E-state index < -0.39 is 5.91 Å². The fourth-order valence-corrected chi connectivity index (χ4v) is 5.26. The molecule has 1 aliphatic heterocycles. The number of primary amides is 1. The van der Waals surface area contributed by atoms with Gasteiger partial charge < -0.3 is 20.3 Å². The number of carbonyl (C=O) groups excluding carboxylic acids is 2. The first kappa shape index (κ1) is 25.0. The fraction of sp³-hybridized carbons (Fsp3) is 0.333. The van der Waals surface area contributed by atoms with E-state index in [4.69, 9.17) is 38.2 Å². The number of thioether (sulfide) groups is 1. The van der Waals surface area contributed by atoms with E-state index in [-0.39, 0.29) is 23.5 Å². The molecule has 0 radical (unpaired) electrons. The molecule has 34 heavy (non-hydrogen) atoms. The summed E-state index contributed by atoms with van der Waals surface area (Å²) in [7, 11) is 0. The number of morpholine rings is 1. The Balaban J connectivity index is 1.20. The topological polar surface area (TPSA) is 124 Å². The predicted molar refractivity (Wildman–Crippen MR) is 131 cm³/mol. The molecule has 2 amide bonds. The molecule has 9 nitrogen and oxygen atoms in total. The van der Waals surface area contributed by atoms with Crippen LogP contribution in [0.3, 0.4) is 0 Å². The fourth-order valence-electron chi connectivity index (χ4n) is 3.30. The summed E-state index contributed by atoms with van der Waals surface area (Å²) in [5, 5.41) is 9.37. The molecule has 3 heterocycles. The van der Waals surface area contributed by atoms with Crippen LogP contribution >= 0.6 is 46.3 Å². The van der Waals surface area contributed by atoms with Gasteiger partial charge in [0.2, 0.25) is 5.91 Å². The third kappa shape index (κ3) is 6.71. The molecule has 4 rings (SSSR count). The minimum Gasteiger partial charge on any atom is -0.374 e. The molecule has 1 saturated heterocycles. The lowest BCUT2D eigenvalue weighted by molar-refractivity contribution is -0.119. The van der Waals surface area contributed by atoms with E-state index in [1.165, 1.54) is 29.2 Å². The maximum absolute atomic E-state index is 12.3. The van der Waals surface area contributed by atoms with Gasteiger partial charge in [0.05, 0.1) is 28.5 Å². The highest BCUT2D eigenvalue weighted by Gasteiger charge is 2.21. The summed E-state index contributed by atoms with van der Waals surface area (Å²) in [6.45, 7) is 3.26. The Morgan fingerprint density at radius 3 is 2.91 bits per heavy atom. The van der Waals surface area contributed by atoms with Crippen LogP contribution in [0.15, 0.2) is 38.5 Å². The lowest BCUT2D eigenvalue weighted by atomic mass is 10.2. The van der Waals surface area contributed by atoms with Crippen LogP contribution < -0.4 is 11.1 Å². The summed E-state index contributed by atoms with van der Waals surface area (Å²) in [6.07, 6.45) is -0.0946. The summed E-state index contributed by atoms with van der Waals surface area (Å²) in [5.41, 5.74) is 6.83. The van der Waals surface area contributed by atoms with Gasteiger partial charge in [0, 0.05) is 37.6 Å². The second kappa shape index (κ2) is 11.5. The molecular weight excluding hydrogens is 521 g/mol. The standard InChI is InChI=1S/C21H21Cl2N5O4S2/c22-14-2-1-12(5-15(14)23)8-28-3-4-31-13(9-28)7-25-19(29)11-34-21-26-17(10-33-21)18-6-16(20(24)30)27-32-18/h1-2,5-6,10,13H,3-4,7-9,11H2,(H2,24,30)(H,25,29). The molecule has 2 aromatic heterocycles. The quantitative estimate of drug-likeness (QED) is 0.395. The Labute approximate surface area is 213 Å². The van der Waals surface area contributed by atoms with Gasteiger partial charge in [-0.25, -0.2) is 4.98 Å². The Bertz CT molecular complexity index is 1170. The van der Waals surface area contributed by atoms with Crippen LogP contribution in [-0.4, -0.2) is 65.0 Å². The van der Waals surface area contributed by atoms with E-state index in [9.17, 15) is 9.59 Å². The number of aromatic nitrogens is 2. The molecule has 1 atom stereocenters. The van der Waals surface area contributed by atoms with Gasteiger partial charge in [-0.15, -0.1) is 11.3 Å². The third-order valence-corrected chi connectivity index (χ3v) is 7.72. The number of carbonyl (C=O) groups is 2. The lowest BCUT2D eigenvalue weighted by Crippen LogP contribution is -2.47. The van der Waals surface area contributed by atoms with Crippen molar-refractivity contribution in [3.63, 3.8) is 0 Å². The second-order valence-electron chi connectivity index (χ2n) is 7.51. The molecule has 3 N–H and O–H groups in total. The smallest absolute Gasteiger partial charge is 0.270 e. The maximum Gasteiger partial charge on any atom is 0.270 e. The van der Waals surface area contributed by atoms with Gasteiger partial charge in [-0.2, -0.15) is 0 Å². The van der Waals surface area contributed by atoms with Crippen LogP contribution in [0.2, 0.25) is 10.0 Å². The molecule has 13 heteroatoms. The Morgan fingerprint density at radius 1 is 1.29 bits per heavy atom. The van der Waals surface area contributed by atoms with Crippen molar-refractivity contribution in [2.24, 2.45) is 5.73 Å². The number of benzene rings is 1. The normalized spacial score (nSPS) is 16.5. The maximum atomic E-state index is 12.3. The predicted octanol–water partition coefficient (Wildman–Crippen LogP) is 3.31. The molecule has 0 aliphatic carbocycles. The van der Waals surface area contributed by atoms with Gasteiger partial charge in [0.15, 0.2) is 15.8 Å². The number of hydrogen-bond donors (Lipinski definition) is 2. The summed E-state index contributed by atoms with van der Waals surface area (Å²) in [5.74, 6) is -0.213. The minimum atomic E-state index is -0.670. The van der Waals surface area contributed by atoms with E-state index in [1.807, 2.05) is 12.1 Å². The highest BCUT2D eigenvalue weighted by Crippen LogP contribution is 2.28. The first-order chi connectivity index (χ1) is 16.4. The number of amides is 2. The van der Waals surface area contributed by atoms with Crippen molar-refractivity contribution < 1.29 is 18.8 Å². The zero-order chi connectivity index (χ0) is 24.1. The molecule has 1 unspecified atom stereocenters. The van der Waals surface area contributed by atoms with Crippen molar-refractivity contribution in [2.45, 2.75) is 17.0 Å². The van der Waals surface area contributed by atoms with Crippen LogP contribution in [0, 0.1) is 0 Å². The molecular formula is C21H21Cl2N5O4S2. The lowest BCUT2D eigenvalue weighted by Gasteiger charge is -2.33. The van der Waals surface area contributed by atoms with Gasteiger partial charge in [0.1, 0.15) is 5.69 Å². The molecule has 1 aromatic carbocycles. The molecule has 1 aliphatic rings. The van der Waals surface area contributed by atoms with Crippen LogP contribution in [0.25, 0.3) is 11.5 Å². The number of nitrogens with one attached hydrogen (secondary N) is 1. The van der Waals surface area contributed by atoms with Crippen molar-refractivity contribution in [1.29, 1.82) is 0 Å². The molecule has 3 aromatic rings. The molecule has 180 valence electrons. The molecule has 0 spiro atoms. The Hall–Kier alpha value is -2.15. The van der Waals surface area contributed by atoms with Crippen molar-refractivity contribution in [1.82, 2.24) is 20.4 Å². The van der Waals surface area contributed by atoms with Crippen molar-refractivity contribution in [3.8, 4) is 11.5 Å². The SMILES string of the molecule is NC(=O)c1cc(-c2csc(SCC(=O)NCC3CN(Cc4ccc(Cl)c(Cl)c4)CCO3)n2)on1. The van der Waals surface area contributed by atoms with E-state index in [1.54, 1.807) is 11.4 Å². The molecule has 0 bridgehead atoms. The highest BCUT2D eigenvalue weighted by molar-refractivity contribution is 8.01. The van der Waals surface area contributed by atoms with E-state index in [2.05, 4.69) is 20.4 Å². The third-order valence-electron chi connectivity index (χ3n) is 4.96. The van der Waals surface area contributed by atoms with Crippen LogP contribution in [0.4, 0.5) is 0 Å². The van der Waals surface area contributed by atoms with Crippen molar-refractivity contribution in [3.05, 3.63) is 50.9 Å². The minimum absolute atomic E-state index is 0.0389. The van der Waals surface area contributed by atoms with E-state index in [0.29, 0.717) is 45.5 Å². The number of nitrogens with zero attached hydrogens (tertiary/aromatic N) is 3. The number of halogens is 2. The Kier molecular flexibility index (Phi) is 8.46. The number of thiazole rings is 1. The zero-order valence-electron chi connectivity index (χ0n) is 17.8. The summed E-state index contributed by atoms with van der Waals surface area (Å²) in [6, 6.07) is 7.06. The second-order valence-corrected chi connectivity index (χ2v) is 10.4. The summed E-state index contributed by atoms with van der Waals surface area (Å²) >= 11 is 14.8. The van der Waals surface area contributed by atoms with Crippen LogP contribution in [0.1, 0.15) is 16.1 Å². The van der Waals surface area contributed by atoms with Gasteiger partial charge >= 0.3 is 0 Å². The average molecular weight is 542 g/mol. The Morgan fingerprint density at radius 2 is 2.15 bits per heavy atom. The van der Waals surface area contributed by atoms with Gasteiger partial charge in [-0.1, -0.05) is 46.2 Å². The van der Waals surface area contributed by atoms with Gasteiger partial charge in [0.25, 0.3) is 5.91 Å². The molecule has 0 saturated carbocycles. The zero-order valence-corrected chi connectivity index (χ0v) is 21.0. The molecule has 1 fully saturated rings. The number of nitrogens with two attached hydrogens (primary N) is 1. The average Bonchev–Trinajstić information content (AvgIpc) is 3.49. The van der Waals surface area contributed by atoms with Gasteiger partial charge in [-0.3, -0.25) is 14.5 Å². The van der Waals surface area contributed by atoms with E-state index >= 15 is 0 Å². The first-order valence-corrected chi connectivity index (χ1v) is 12.9. The largest absolute Gasteiger partial charge is 0.374 e. The van der Waals surface area contributed by atoms with Crippen LogP contribution in [0.5, 0.6) is 0 Å². The van der Waals surface area contributed by atoms with E-state index in [0.717, 1.165) is 18.7 Å².